The minimum absolute atomic E-state index is 0.232. The normalized spacial score (nSPS) is 9.53. The first-order chi connectivity index (χ1) is 7.27. The molecule has 1 aromatic carbocycles. The van der Waals surface area contributed by atoms with Crippen molar-refractivity contribution >= 4 is 0 Å². The third-order valence-electron chi connectivity index (χ3n) is 1.84. The number of halogens is 1. The molecule has 15 heavy (non-hydrogen) atoms. The quantitative estimate of drug-likeness (QED) is 0.766. The van der Waals surface area contributed by atoms with Gasteiger partial charge in [-0.25, -0.2) is 4.39 Å². The minimum Gasteiger partial charge on any atom is -0.384 e. The number of benzene rings is 1. The van der Waals surface area contributed by atoms with Crippen molar-refractivity contribution in [1.82, 2.24) is 0 Å². The van der Waals surface area contributed by atoms with Crippen molar-refractivity contribution in [3.8, 4) is 11.8 Å². The van der Waals surface area contributed by atoms with Gasteiger partial charge in [-0.3, -0.25) is 0 Å². The van der Waals surface area contributed by atoms with E-state index in [2.05, 4.69) is 11.8 Å². The van der Waals surface area contributed by atoms with Crippen molar-refractivity contribution < 1.29 is 14.2 Å². The highest BCUT2D eigenvalue weighted by atomic mass is 19.1. The molecule has 1 rings (SSSR count). The van der Waals surface area contributed by atoms with Gasteiger partial charge >= 0.3 is 0 Å². The molecule has 1 N–H and O–H groups in total. The van der Waals surface area contributed by atoms with Crippen molar-refractivity contribution in [2.24, 2.45) is 0 Å². The molecule has 0 saturated heterocycles. The Bertz CT molecular complexity index is 377. The van der Waals surface area contributed by atoms with Crippen molar-refractivity contribution in [3.05, 3.63) is 35.1 Å². The summed E-state index contributed by atoms with van der Waals surface area (Å²) < 4.78 is 18.2. The molecule has 0 aliphatic carbocycles. The number of rotatable bonds is 3. The maximum atomic E-state index is 12.9. The van der Waals surface area contributed by atoms with Crippen LogP contribution in [0.25, 0.3) is 0 Å². The van der Waals surface area contributed by atoms with Gasteiger partial charge in [0.25, 0.3) is 0 Å². The molecule has 0 aliphatic heterocycles. The highest BCUT2D eigenvalue weighted by Gasteiger charge is 2.01. The van der Waals surface area contributed by atoms with E-state index in [9.17, 15) is 4.39 Å². The van der Waals surface area contributed by atoms with Crippen LogP contribution in [0.1, 0.15) is 18.1 Å². The van der Waals surface area contributed by atoms with E-state index in [1.165, 1.54) is 12.1 Å². The fourth-order valence-electron chi connectivity index (χ4n) is 1.14. The lowest BCUT2D eigenvalue weighted by molar-refractivity contribution is 0.134. The third kappa shape index (κ3) is 3.70. The standard InChI is InChI=1S/C12H13FO2/c1-2-15-9-11-5-6-12(13)8-10(11)4-3-7-14/h5-6,8,14H,2,7,9H2,1H3. The molecule has 0 atom stereocenters. The number of ether oxygens (including phenoxy) is 1. The lowest BCUT2D eigenvalue weighted by Gasteiger charge is -2.04. The van der Waals surface area contributed by atoms with Gasteiger partial charge < -0.3 is 9.84 Å². The van der Waals surface area contributed by atoms with Gasteiger partial charge in [0, 0.05) is 12.2 Å². The maximum Gasteiger partial charge on any atom is 0.124 e. The Morgan fingerprint density at radius 2 is 2.27 bits per heavy atom. The monoisotopic (exact) mass is 208 g/mol. The summed E-state index contributed by atoms with van der Waals surface area (Å²) in [7, 11) is 0. The molecule has 0 fully saturated rings. The summed E-state index contributed by atoms with van der Waals surface area (Å²) in [5.74, 6) is 4.85. The lowest BCUT2D eigenvalue weighted by atomic mass is 10.1. The molecule has 0 heterocycles. The van der Waals surface area contributed by atoms with Crippen LogP contribution in [-0.4, -0.2) is 18.3 Å². The average molecular weight is 208 g/mol. The first-order valence-electron chi connectivity index (χ1n) is 4.73. The van der Waals surface area contributed by atoms with Gasteiger partial charge in [0.1, 0.15) is 12.4 Å². The van der Waals surface area contributed by atoms with Crippen molar-refractivity contribution in [2.75, 3.05) is 13.2 Å². The molecule has 0 aliphatic rings. The summed E-state index contributed by atoms with van der Waals surface area (Å²) >= 11 is 0. The van der Waals surface area contributed by atoms with Crippen LogP contribution in [0.15, 0.2) is 18.2 Å². The van der Waals surface area contributed by atoms with E-state index in [0.717, 1.165) is 5.56 Å². The summed E-state index contributed by atoms with van der Waals surface area (Å²) in [6.45, 7) is 2.67. The largest absolute Gasteiger partial charge is 0.384 e. The topological polar surface area (TPSA) is 29.5 Å². The van der Waals surface area contributed by atoms with Gasteiger partial charge in [-0.15, -0.1) is 0 Å². The molecule has 2 nitrogen and oxygen atoms in total. The van der Waals surface area contributed by atoms with Crippen molar-refractivity contribution in [3.63, 3.8) is 0 Å². The lowest BCUT2D eigenvalue weighted by Crippen LogP contribution is -1.96. The van der Waals surface area contributed by atoms with Gasteiger partial charge in [0.2, 0.25) is 0 Å². The summed E-state index contributed by atoms with van der Waals surface area (Å²) in [6.07, 6.45) is 0. The first-order valence-corrected chi connectivity index (χ1v) is 4.73. The molecular formula is C12H13FO2. The zero-order chi connectivity index (χ0) is 11.1. The van der Waals surface area contributed by atoms with E-state index in [1.807, 2.05) is 6.92 Å². The summed E-state index contributed by atoms with van der Waals surface area (Å²) in [5, 5.41) is 8.57. The van der Waals surface area contributed by atoms with Gasteiger partial charge in [-0.1, -0.05) is 17.9 Å². The Labute approximate surface area is 88.7 Å². The number of hydrogen-bond acceptors (Lipinski definition) is 2. The van der Waals surface area contributed by atoms with E-state index in [1.54, 1.807) is 6.07 Å². The fraction of sp³-hybridized carbons (Fsp3) is 0.333. The Hall–Kier alpha value is -1.37. The third-order valence-corrected chi connectivity index (χ3v) is 1.84. The SMILES string of the molecule is CCOCc1ccc(F)cc1C#CCO. The van der Waals surface area contributed by atoms with Crippen LogP contribution in [0.2, 0.25) is 0 Å². The molecule has 3 heteroatoms. The number of hydrogen-bond donors (Lipinski definition) is 1. The second kappa shape index (κ2) is 6.18. The van der Waals surface area contributed by atoms with Crippen LogP contribution < -0.4 is 0 Å². The van der Waals surface area contributed by atoms with Crippen molar-refractivity contribution in [2.45, 2.75) is 13.5 Å². The van der Waals surface area contributed by atoms with Crippen LogP contribution in [0.4, 0.5) is 4.39 Å². The zero-order valence-electron chi connectivity index (χ0n) is 8.59. The smallest absolute Gasteiger partial charge is 0.124 e. The van der Waals surface area contributed by atoms with Crippen LogP contribution >= 0.6 is 0 Å². The second-order valence-electron chi connectivity index (χ2n) is 2.90. The number of aliphatic hydroxyl groups excluding tert-OH is 1. The Morgan fingerprint density at radius 3 is 2.93 bits per heavy atom. The van der Waals surface area contributed by atoms with E-state index in [-0.39, 0.29) is 12.4 Å². The van der Waals surface area contributed by atoms with E-state index in [0.29, 0.717) is 18.8 Å². The Balaban J connectivity index is 2.92. The molecule has 80 valence electrons. The second-order valence-corrected chi connectivity index (χ2v) is 2.90. The van der Waals surface area contributed by atoms with Crippen LogP contribution in [-0.2, 0) is 11.3 Å². The van der Waals surface area contributed by atoms with Gasteiger partial charge in [-0.05, 0) is 24.6 Å². The van der Waals surface area contributed by atoms with E-state index >= 15 is 0 Å². The minimum atomic E-state index is -0.336. The fourth-order valence-corrected chi connectivity index (χ4v) is 1.14. The highest BCUT2D eigenvalue weighted by Crippen LogP contribution is 2.11. The number of aliphatic hydroxyl groups is 1. The maximum absolute atomic E-state index is 12.9. The van der Waals surface area contributed by atoms with Crippen LogP contribution in [0.3, 0.4) is 0 Å². The van der Waals surface area contributed by atoms with Crippen molar-refractivity contribution in [1.29, 1.82) is 0 Å². The average Bonchev–Trinajstić information content (AvgIpc) is 2.25. The van der Waals surface area contributed by atoms with Gasteiger partial charge in [-0.2, -0.15) is 0 Å². The van der Waals surface area contributed by atoms with E-state index < -0.39 is 0 Å². The Morgan fingerprint density at radius 1 is 1.47 bits per heavy atom. The van der Waals surface area contributed by atoms with Crippen LogP contribution in [0.5, 0.6) is 0 Å². The molecule has 1 aromatic rings. The van der Waals surface area contributed by atoms with Gasteiger partial charge in [0.15, 0.2) is 0 Å². The molecule has 0 bridgehead atoms. The molecule has 0 amide bonds. The molecule has 0 aromatic heterocycles. The predicted octanol–water partition coefficient (Wildman–Crippen LogP) is 1.71. The molecule has 0 saturated carbocycles. The summed E-state index contributed by atoms with van der Waals surface area (Å²) in [6, 6.07) is 4.36. The Kier molecular flexibility index (Phi) is 4.82. The predicted molar refractivity (Wildman–Crippen MR) is 55.7 cm³/mol. The molecule has 0 unspecified atom stereocenters. The summed E-state index contributed by atoms with van der Waals surface area (Å²) in [4.78, 5) is 0. The molecular weight excluding hydrogens is 195 g/mol. The summed E-state index contributed by atoms with van der Waals surface area (Å²) in [5.41, 5.74) is 1.40. The first kappa shape index (κ1) is 11.7. The van der Waals surface area contributed by atoms with Crippen LogP contribution in [0, 0.1) is 17.7 Å². The molecule has 0 radical (unpaired) electrons. The van der Waals surface area contributed by atoms with E-state index in [4.69, 9.17) is 9.84 Å². The zero-order valence-corrected chi connectivity index (χ0v) is 8.59. The molecule has 0 spiro atoms. The highest BCUT2D eigenvalue weighted by molar-refractivity contribution is 5.41. The van der Waals surface area contributed by atoms with Gasteiger partial charge in [0.05, 0.1) is 6.61 Å².